The summed E-state index contributed by atoms with van der Waals surface area (Å²) in [7, 11) is 0. The van der Waals surface area contributed by atoms with Crippen LogP contribution >= 0.6 is 0 Å². The van der Waals surface area contributed by atoms with Crippen LogP contribution in [0.25, 0.3) is 0 Å². The quantitative estimate of drug-likeness (QED) is 0.597. The molecule has 0 saturated heterocycles. The average molecular weight is 253 g/mol. The molecule has 0 aliphatic heterocycles. The van der Waals surface area contributed by atoms with Crippen molar-refractivity contribution in [1.29, 1.82) is 0 Å². The van der Waals surface area contributed by atoms with Gasteiger partial charge >= 0.3 is 5.97 Å². The highest BCUT2D eigenvalue weighted by atomic mass is 16.4. The molecule has 1 aromatic carbocycles. The van der Waals surface area contributed by atoms with E-state index < -0.39 is 12.0 Å². The van der Waals surface area contributed by atoms with Gasteiger partial charge in [0.15, 0.2) is 11.5 Å². The van der Waals surface area contributed by atoms with Crippen molar-refractivity contribution in [2.45, 2.75) is 32.2 Å². The summed E-state index contributed by atoms with van der Waals surface area (Å²) in [5.74, 6) is -1.25. The van der Waals surface area contributed by atoms with Gasteiger partial charge in [0.1, 0.15) is 6.04 Å². The van der Waals surface area contributed by atoms with Crippen molar-refractivity contribution in [2.75, 3.05) is 0 Å². The van der Waals surface area contributed by atoms with Gasteiger partial charge in [0.2, 0.25) is 0 Å². The normalized spacial score (nSPS) is 15.9. The molecule has 1 rings (SSSR count). The lowest BCUT2D eigenvalue weighted by Gasteiger charge is -2.22. The second-order valence-corrected chi connectivity index (χ2v) is 4.69. The molecule has 0 saturated carbocycles. The van der Waals surface area contributed by atoms with Crippen LogP contribution in [0, 0.1) is 5.92 Å². The summed E-state index contributed by atoms with van der Waals surface area (Å²) in [5.41, 5.74) is 6.34. The lowest BCUT2D eigenvalue weighted by atomic mass is 9.85. The monoisotopic (exact) mass is 253 g/mol. The second-order valence-electron chi connectivity index (χ2n) is 4.69. The summed E-state index contributed by atoms with van der Waals surface area (Å²) >= 11 is 0. The van der Waals surface area contributed by atoms with Crippen LogP contribution in [0.15, 0.2) is 18.2 Å². The second kappa shape index (κ2) is 5.73. The van der Waals surface area contributed by atoms with Gasteiger partial charge in [-0.15, -0.1) is 0 Å². The number of aliphatic carboxylic acids is 1. The number of aromatic hydroxyl groups is 2. The Kier molecular flexibility index (Phi) is 4.55. The standard InChI is InChI=1S/C13H19NO4/c1-7(5-10(14)13(17)18)8(2)9-3-4-11(15)12(16)6-9/h3-4,6-8,10,15-16H,5,14H2,1-2H3,(H,17,18). The predicted molar refractivity (Wildman–Crippen MR) is 67.6 cm³/mol. The van der Waals surface area contributed by atoms with Gasteiger partial charge in [-0.1, -0.05) is 19.9 Å². The smallest absolute Gasteiger partial charge is 0.320 e. The zero-order valence-electron chi connectivity index (χ0n) is 10.5. The first-order chi connectivity index (χ1) is 8.32. The van der Waals surface area contributed by atoms with Crippen molar-refractivity contribution in [3.63, 3.8) is 0 Å². The Morgan fingerprint density at radius 1 is 1.28 bits per heavy atom. The molecule has 0 aromatic heterocycles. The Labute approximate surface area is 106 Å². The van der Waals surface area contributed by atoms with Crippen molar-refractivity contribution < 1.29 is 20.1 Å². The van der Waals surface area contributed by atoms with Gasteiger partial charge in [-0.25, -0.2) is 0 Å². The van der Waals surface area contributed by atoms with Crippen LogP contribution in [0.3, 0.4) is 0 Å². The highest BCUT2D eigenvalue weighted by molar-refractivity contribution is 5.73. The molecule has 0 fully saturated rings. The molecule has 1 aromatic rings. The molecule has 5 N–H and O–H groups in total. The number of phenolic OH excluding ortho intramolecular Hbond substituents is 2. The Bertz CT molecular complexity index is 433. The highest BCUT2D eigenvalue weighted by Gasteiger charge is 2.21. The molecule has 3 atom stereocenters. The van der Waals surface area contributed by atoms with Crippen molar-refractivity contribution in [1.82, 2.24) is 0 Å². The molecule has 0 aliphatic rings. The van der Waals surface area contributed by atoms with Gasteiger partial charge in [-0.2, -0.15) is 0 Å². The minimum absolute atomic E-state index is 0.0434. The van der Waals surface area contributed by atoms with Crippen LogP contribution in [0.1, 0.15) is 31.7 Å². The van der Waals surface area contributed by atoms with E-state index in [1.807, 2.05) is 13.8 Å². The van der Waals surface area contributed by atoms with E-state index in [4.69, 9.17) is 10.8 Å². The van der Waals surface area contributed by atoms with Crippen LogP contribution in [-0.2, 0) is 4.79 Å². The molecule has 0 heterocycles. The lowest BCUT2D eigenvalue weighted by Crippen LogP contribution is -2.32. The minimum atomic E-state index is -1.01. The molecular weight excluding hydrogens is 234 g/mol. The zero-order chi connectivity index (χ0) is 13.9. The number of carboxylic acid groups (broad SMARTS) is 1. The molecule has 100 valence electrons. The van der Waals surface area contributed by atoms with Gasteiger partial charge in [0, 0.05) is 0 Å². The Morgan fingerprint density at radius 2 is 1.89 bits per heavy atom. The van der Waals surface area contributed by atoms with Gasteiger partial charge in [0.05, 0.1) is 0 Å². The van der Waals surface area contributed by atoms with E-state index in [0.717, 1.165) is 5.56 Å². The van der Waals surface area contributed by atoms with E-state index >= 15 is 0 Å². The summed E-state index contributed by atoms with van der Waals surface area (Å²) in [4.78, 5) is 10.7. The fraction of sp³-hybridized carbons (Fsp3) is 0.462. The molecule has 0 bridgehead atoms. The summed E-state index contributed by atoms with van der Waals surface area (Å²) in [6.07, 6.45) is 0.359. The number of phenols is 2. The maximum absolute atomic E-state index is 10.7. The third-order valence-electron chi connectivity index (χ3n) is 3.32. The fourth-order valence-electron chi connectivity index (χ4n) is 1.86. The summed E-state index contributed by atoms with van der Waals surface area (Å²) in [5, 5.41) is 27.4. The molecule has 0 amide bonds. The Hall–Kier alpha value is -1.75. The summed E-state index contributed by atoms with van der Waals surface area (Å²) in [6.45, 7) is 3.85. The number of carbonyl (C=O) groups is 1. The number of carboxylic acids is 1. The van der Waals surface area contributed by atoms with Gasteiger partial charge < -0.3 is 21.1 Å². The number of benzene rings is 1. The zero-order valence-corrected chi connectivity index (χ0v) is 10.5. The first-order valence-electron chi connectivity index (χ1n) is 5.83. The van der Waals surface area contributed by atoms with E-state index in [1.54, 1.807) is 6.07 Å². The summed E-state index contributed by atoms with van der Waals surface area (Å²) in [6, 6.07) is 3.74. The van der Waals surface area contributed by atoms with E-state index in [-0.39, 0.29) is 23.3 Å². The Balaban J connectivity index is 2.76. The van der Waals surface area contributed by atoms with E-state index in [1.165, 1.54) is 12.1 Å². The SMILES string of the molecule is CC(CC(N)C(=O)O)C(C)c1ccc(O)c(O)c1. The number of rotatable bonds is 5. The predicted octanol–water partition coefficient (Wildman–Crippen LogP) is 1.64. The topological polar surface area (TPSA) is 104 Å². The maximum Gasteiger partial charge on any atom is 0.320 e. The van der Waals surface area contributed by atoms with E-state index in [0.29, 0.717) is 6.42 Å². The van der Waals surface area contributed by atoms with Crippen LogP contribution in [0.4, 0.5) is 0 Å². The van der Waals surface area contributed by atoms with Crippen molar-refractivity contribution >= 4 is 5.97 Å². The van der Waals surface area contributed by atoms with Crippen molar-refractivity contribution in [3.8, 4) is 11.5 Å². The van der Waals surface area contributed by atoms with Gasteiger partial charge in [-0.3, -0.25) is 4.79 Å². The molecule has 5 nitrogen and oxygen atoms in total. The third-order valence-corrected chi connectivity index (χ3v) is 3.32. The first kappa shape index (κ1) is 14.3. The Morgan fingerprint density at radius 3 is 2.39 bits per heavy atom. The maximum atomic E-state index is 10.7. The van der Waals surface area contributed by atoms with Gasteiger partial charge in [-0.05, 0) is 36.0 Å². The van der Waals surface area contributed by atoms with Crippen molar-refractivity contribution in [3.05, 3.63) is 23.8 Å². The van der Waals surface area contributed by atoms with Crippen LogP contribution < -0.4 is 5.73 Å². The third kappa shape index (κ3) is 3.37. The largest absolute Gasteiger partial charge is 0.504 e. The lowest BCUT2D eigenvalue weighted by molar-refractivity contribution is -0.138. The van der Waals surface area contributed by atoms with Crippen LogP contribution in [0.5, 0.6) is 11.5 Å². The number of hydrogen-bond donors (Lipinski definition) is 4. The number of hydrogen-bond acceptors (Lipinski definition) is 4. The van der Waals surface area contributed by atoms with E-state index in [9.17, 15) is 15.0 Å². The van der Waals surface area contributed by atoms with Crippen LogP contribution in [-0.4, -0.2) is 27.3 Å². The van der Waals surface area contributed by atoms with Gasteiger partial charge in [0.25, 0.3) is 0 Å². The molecule has 0 spiro atoms. The molecule has 5 heteroatoms. The minimum Gasteiger partial charge on any atom is -0.504 e. The highest BCUT2D eigenvalue weighted by Crippen LogP contribution is 2.33. The first-order valence-corrected chi connectivity index (χ1v) is 5.83. The molecular formula is C13H19NO4. The molecule has 18 heavy (non-hydrogen) atoms. The van der Waals surface area contributed by atoms with Crippen LogP contribution in [0.2, 0.25) is 0 Å². The number of nitrogens with two attached hydrogens (primary N) is 1. The molecule has 3 unspecified atom stereocenters. The van der Waals surface area contributed by atoms with E-state index in [2.05, 4.69) is 0 Å². The van der Waals surface area contributed by atoms with Crippen molar-refractivity contribution in [2.24, 2.45) is 11.7 Å². The average Bonchev–Trinajstić information content (AvgIpc) is 2.31. The molecule has 0 radical (unpaired) electrons. The summed E-state index contributed by atoms with van der Waals surface area (Å²) < 4.78 is 0. The molecule has 0 aliphatic carbocycles. The fourth-order valence-corrected chi connectivity index (χ4v) is 1.86.